The summed E-state index contributed by atoms with van der Waals surface area (Å²) in [6.07, 6.45) is 0. The van der Waals surface area contributed by atoms with Crippen molar-refractivity contribution >= 4 is 38.3 Å². The molecule has 26 heavy (non-hydrogen) atoms. The Balaban J connectivity index is 1.64. The van der Waals surface area contributed by atoms with E-state index in [2.05, 4.69) is 10.5 Å². The second-order valence-electron chi connectivity index (χ2n) is 5.67. The number of nitrogens with one attached hydrogen (secondary N) is 1. The van der Waals surface area contributed by atoms with Crippen LogP contribution in [-0.2, 0) is 11.4 Å². The van der Waals surface area contributed by atoms with Gasteiger partial charge in [-0.2, -0.15) is 5.48 Å². The molecule has 0 aliphatic rings. The van der Waals surface area contributed by atoms with Crippen molar-refractivity contribution in [3.05, 3.63) is 71.1 Å². The molecule has 2 aromatic heterocycles. The molecular formula is C20H16N2O3S. The van der Waals surface area contributed by atoms with Crippen LogP contribution in [0.5, 0.6) is 5.88 Å². The van der Waals surface area contributed by atoms with Gasteiger partial charge < -0.3 is 9.57 Å². The third-order valence-electron chi connectivity index (χ3n) is 3.97. The van der Waals surface area contributed by atoms with Crippen molar-refractivity contribution in [2.24, 2.45) is 0 Å². The van der Waals surface area contributed by atoms with E-state index in [1.165, 1.54) is 11.3 Å². The number of hydrogen-bond acceptors (Lipinski definition) is 6. The van der Waals surface area contributed by atoms with E-state index in [0.717, 1.165) is 26.6 Å². The smallest absolute Gasteiger partial charge is 0.367 e. The molecular weight excluding hydrogens is 348 g/mol. The van der Waals surface area contributed by atoms with Gasteiger partial charge in [0, 0.05) is 28.6 Å². The van der Waals surface area contributed by atoms with Crippen molar-refractivity contribution in [1.82, 2.24) is 10.5 Å². The number of benzene rings is 2. The highest BCUT2D eigenvalue weighted by atomic mass is 32.1. The summed E-state index contributed by atoms with van der Waals surface area (Å²) in [4.78, 5) is 21.9. The van der Waals surface area contributed by atoms with Crippen LogP contribution < -0.4 is 10.2 Å². The SMILES string of the molecule is CNOC(=O)c1cc2c(ccc3nc(OCc4ccccc4)ccc32)s1. The monoisotopic (exact) mass is 364 g/mol. The minimum atomic E-state index is -0.391. The number of carbonyl (C=O) groups excluding carboxylic acids is 1. The quantitative estimate of drug-likeness (QED) is 0.535. The van der Waals surface area contributed by atoms with Gasteiger partial charge in [0.2, 0.25) is 5.88 Å². The summed E-state index contributed by atoms with van der Waals surface area (Å²) in [7, 11) is 1.56. The van der Waals surface area contributed by atoms with Crippen LogP contribution in [0.25, 0.3) is 21.0 Å². The fraction of sp³-hybridized carbons (Fsp3) is 0.100. The van der Waals surface area contributed by atoms with Crippen molar-refractivity contribution in [2.75, 3.05) is 7.05 Å². The predicted octanol–water partition coefficient (Wildman–Crippen LogP) is 4.32. The summed E-state index contributed by atoms with van der Waals surface area (Å²) in [5.74, 6) is 0.184. The number of rotatable bonds is 5. The van der Waals surface area contributed by atoms with Gasteiger partial charge in [-0.3, -0.25) is 0 Å². The maximum absolute atomic E-state index is 11.9. The third kappa shape index (κ3) is 3.24. The second kappa shape index (κ2) is 7.11. The van der Waals surface area contributed by atoms with Crippen LogP contribution in [0.4, 0.5) is 0 Å². The molecule has 0 unspecified atom stereocenters. The molecule has 4 aromatic rings. The van der Waals surface area contributed by atoms with E-state index in [9.17, 15) is 4.79 Å². The third-order valence-corrected chi connectivity index (χ3v) is 5.05. The maximum atomic E-state index is 11.9. The Morgan fingerprint density at radius 1 is 1.08 bits per heavy atom. The zero-order chi connectivity index (χ0) is 17.9. The van der Waals surface area contributed by atoms with Gasteiger partial charge in [0.05, 0.1) is 5.52 Å². The van der Waals surface area contributed by atoms with Gasteiger partial charge in [0.15, 0.2) is 0 Å². The van der Waals surface area contributed by atoms with E-state index >= 15 is 0 Å². The molecule has 0 saturated carbocycles. The normalized spacial score (nSPS) is 11.0. The molecule has 6 heteroatoms. The molecule has 0 saturated heterocycles. The van der Waals surface area contributed by atoms with Crippen LogP contribution in [0.1, 0.15) is 15.2 Å². The molecule has 1 N–H and O–H groups in total. The summed E-state index contributed by atoms with van der Waals surface area (Å²) in [5, 5.41) is 1.96. The van der Waals surface area contributed by atoms with E-state index in [0.29, 0.717) is 17.4 Å². The summed E-state index contributed by atoms with van der Waals surface area (Å²) in [6, 6.07) is 19.6. The van der Waals surface area contributed by atoms with Crippen LogP contribution in [0.3, 0.4) is 0 Å². The molecule has 130 valence electrons. The van der Waals surface area contributed by atoms with E-state index < -0.39 is 5.97 Å². The molecule has 0 atom stereocenters. The van der Waals surface area contributed by atoms with Crippen LogP contribution in [0.15, 0.2) is 60.7 Å². The Morgan fingerprint density at radius 2 is 1.92 bits per heavy atom. The number of hydroxylamine groups is 1. The Labute approximate surface area is 154 Å². The van der Waals surface area contributed by atoms with Crippen molar-refractivity contribution in [2.45, 2.75) is 6.61 Å². The molecule has 2 aromatic carbocycles. The second-order valence-corrected chi connectivity index (χ2v) is 6.76. The molecule has 0 radical (unpaired) electrons. The number of aromatic nitrogens is 1. The number of hydrogen-bond donors (Lipinski definition) is 1. The van der Waals surface area contributed by atoms with Crippen LogP contribution in [-0.4, -0.2) is 18.0 Å². The highest BCUT2D eigenvalue weighted by Crippen LogP contribution is 2.32. The first-order chi connectivity index (χ1) is 12.7. The largest absolute Gasteiger partial charge is 0.473 e. The molecule has 0 spiro atoms. The molecule has 0 aliphatic heterocycles. The number of ether oxygens (including phenoxy) is 1. The van der Waals surface area contributed by atoms with Gasteiger partial charge in [0.1, 0.15) is 11.5 Å². The molecule has 5 nitrogen and oxygen atoms in total. The van der Waals surface area contributed by atoms with Crippen LogP contribution >= 0.6 is 11.3 Å². The first-order valence-electron chi connectivity index (χ1n) is 8.12. The first-order valence-corrected chi connectivity index (χ1v) is 8.94. The molecule has 0 fully saturated rings. The Kier molecular flexibility index (Phi) is 4.51. The van der Waals surface area contributed by atoms with E-state index in [1.807, 2.05) is 60.7 Å². The number of fused-ring (bicyclic) bond motifs is 3. The van der Waals surface area contributed by atoms with Crippen molar-refractivity contribution < 1.29 is 14.4 Å². The average Bonchev–Trinajstić information content (AvgIpc) is 3.12. The van der Waals surface area contributed by atoms with E-state index in [4.69, 9.17) is 9.57 Å². The summed E-state index contributed by atoms with van der Waals surface area (Å²) in [5.41, 5.74) is 4.33. The lowest BCUT2D eigenvalue weighted by atomic mass is 10.1. The van der Waals surface area contributed by atoms with Gasteiger partial charge in [0.25, 0.3) is 0 Å². The van der Waals surface area contributed by atoms with Crippen molar-refractivity contribution in [1.29, 1.82) is 0 Å². The lowest BCUT2D eigenvalue weighted by Gasteiger charge is -2.07. The summed E-state index contributed by atoms with van der Waals surface area (Å²) in [6.45, 7) is 0.472. The summed E-state index contributed by atoms with van der Waals surface area (Å²) < 4.78 is 6.81. The van der Waals surface area contributed by atoms with Crippen molar-refractivity contribution in [3.8, 4) is 5.88 Å². The Morgan fingerprint density at radius 3 is 2.73 bits per heavy atom. The molecule has 4 rings (SSSR count). The minimum Gasteiger partial charge on any atom is -0.473 e. The summed E-state index contributed by atoms with van der Waals surface area (Å²) >= 11 is 1.40. The minimum absolute atomic E-state index is 0.391. The predicted molar refractivity (Wildman–Crippen MR) is 102 cm³/mol. The number of pyridine rings is 1. The highest BCUT2D eigenvalue weighted by molar-refractivity contribution is 7.20. The van der Waals surface area contributed by atoms with Crippen LogP contribution in [0, 0.1) is 0 Å². The topological polar surface area (TPSA) is 60.5 Å². The lowest BCUT2D eigenvalue weighted by molar-refractivity contribution is 0.0316. The maximum Gasteiger partial charge on any atom is 0.367 e. The lowest BCUT2D eigenvalue weighted by Crippen LogP contribution is -2.13. The molecule has 2 heterocycles. The standard InChI is InChI=1S/C20H16N2O3S/c1-21-25-20(23)18-11-15-14-7-10-19(22-16(14)8-9-17(15)26-18)24-12-13-5-3-2-4-6-13/h2-11,21H,12H2,1H3. The van der Waals surface area contributed by atoms with Gasteiger partial charge in [-0.1, -0.05) is 30.3 Å². The van der Waals surface area contributed by atoms with Gasteiger partial charge >= 0.3 is 5.97 Å². The van der Waals surface area contributed by atoms with Crippen molar-refractivity contribution in [3.63, 3.8) is 0 Å². The first kappa shape index (κ1) is 16.5. The Hall–Kier alpha value is -2.96. The number of nitrogens with zero attached hydrogens (tertiary/aromatic N) is 1. The highest BCUT2D eigenvalue weighted by Gasteiger charge is 2.14. The fourth-order valence-electron chi connectivity index (χ4n) is 2.76. The molecule has 0 bridgehead atoms. The van der Waals surface area contributed by atoms with Gasteiger partial charge in [-0.15, -0.1) is 11.3 Å². The van der Waals surface area contributed by atoms with E-state index in [-0.39, 0.29) is 0 Å². The number of thiophene rings is 1. The Bertz CT molecular complexity index is 1080. The number of carbonyl (C=O) groups is 1. The molecule has 0 aliphatic carbocycles. The zero-order valence-corrected chi connectivity index (χ0v) is 14.9. The van der Waals surface area contributed by atoms with Gasteiger partial charge in [-0.05, 0) is 29.8 Å². The zero-order valence-electron chi connectivity index (χ0n) is 14.1. The molecule has 0 amide bonds. The van der Waals surface area contributed by atoms with Gasteiger partial charge in [-0.25, -0.2) is 9.78 Å². The average molecular weight is 364 g/mol. The van der Waals surface area contributed by atoms with E-state index in [1.54, 1.807) is 7.05 Å². The fourth-order valence-corrected chi connectivity index (χ4v) is 3.71. The van der Waals surface area contributed by atoms with Crippen LogP contribution in [0.2, 0.25) is 0 Å².